The first-order valence-corrected chi connectivity index (χ1v) is 12.2. The molecule has 1 N–H and O–H groups in total. The number of hydrogen-bond acceptors (Lipinski definition) is 4. The highest BCUT2D eigenvalue weighted by Crippen LogP contribution is 2.29. The number of amides is 1. The predicted octanol–water partition coefficient (Wildman–Crippen LogP) is 5.76. The number of hydrogen-bond donors (Lipinski definition) is 1. The van der Waals surface area contributed by atoms with Crippen molar-refractivity contribution >= 4 is 16.9 Å². The minimum atomic E-state index is -0.267. The largest absolute Gasteiger partial charge is 0.493 e. The van der Waals surface area contributed by atoms with Crippen molar-refractivity contribution in [3.8, 4) is 11.5 Å². The number of ether oxygens (including phenoxy) is 2. The number of nitrogens with zero attached hydrogens (tertiary/aromatic N) is 2. The zero-order valence-corrected chi connectivity index (χ0v) is 22.2. The minimum absolute atomic E-state index is 0.0768. The molecular weight excluding hydrogens is 450 g/mol. The fourth-order valence-corrected chi connectivity index (χ4v) is 4.82. The van der Waals surface area contributed by atoms with Crippen LogP contribution in [0.15, 0.2) is 48.5 Å². The van der Waals surface area contributed by atoms with E-state index in [1.54, 1.807) is 14.2 Å². The Morgan fingerprint density at radius 3 is 2.28 bits per heavy atom. The molecule has 0 radical (unpaired) electrons. The van der Waals surface area contributed by atoms with Gasteiger partial charge >= 0.3 is 0 Å². The molecule has 6 heteroatoms. The van der Waals surface area contributed by atoms with E-state index < -0.39 is 0 Å². The molecule has 0 fully saturated rings. The van der Waals surface area contributed by atoms with Crippen LogP contribution in [0.3, 0.4) is 0 Å². The number of para-hydroxylation sites is 2. The van der Waals surface area contributed by atoms with Crippen molar-refractivity contribution in [2.24, 2.45) is 0 Å². The third-order valence-corrected chi connectivity index (χ3v) is 7.10. The molecule has 1 amide bonds. The molecule has 1 heterocycles. The summed E-state index contributed by atoms with van der Waals surface area (Å²) in [7, 11) is 3.19. The summed E-state index contributed by atoms with van der Waals surface area (Å²) < 4.78 is 12.9. The summed E-state index contributed by atoms with van der Waals surface area (Å²) in [6, 6.07) is 15.7. The van der Waals surface area contributed by atoms with E-state index >= 15 is 0 Å². The van der Waals surface area contributed by atoms with Gasteiger partial charge in [-0.1, -0.05) is 24.3 Å². The Balaban J connectivity index is 1.63. The number of carbonyl (C=O) groups excluding carboxylic acids is 1. The Morgan fingerprint density at radius 1 is 0.944 bits per heavy atom. The highest BCUT2D eigenvalue weighted by molar-refractivity contribution is 5.80. The Kier molecular flexibility index (Phi) is 7.34. The van der Waals surface area contributed by atoms with Gasteiger partial charge in [0, 0.05) is 6.54 Å². The number of aromatic nitrogens is 2. The topological polar surface area (TPSA) is 65.4 Å². The standard InChI is InChI=1S/C30H35N3O3/c1-18-14-19(2)21(4)24(20(18)3)17-33-26-11-9-8-10-25(26)32-30(33)22(5)31-29(34)16-23-12-13-27(35-6)28(15-23)36-7/h8-15,22H,16-17H2,1-7H3,(H,31,34). The molecule has 188 valence electrons. The second-order valence-corrected chi connectivity index (χ2v) is 9.44. The van der Waals surface area contributed by atoms with Gasteiger partial charge in [-0.05, 0) is 92.3 Å². The van der Waals surface area contributed by atoms with Gasteiger partial charge in [-0.25, -0.2) is 4.98 Å². The van der Waals surface area contributed by atoms with E-state index in [1.165, 1.54) is 27.8 Å². The highest BCUT2D eigenvalue weighted by atomic mass is 16.5. The van der Waals surface area contributed by atoms with Crippen LogP contribution in [0.5, 0.6) is 11.5 Å². The third-order valence-electron chi connectivity index (χ3n) is 7.10. The second kappa shape index (κ2) is 10.4. The quantitative estimate of drug-likeness (QED) is 0.345. The van der Waals surface area contributed by atoms with Crippen molar-refractivity contribution in [2.45, 2.75) is 53.6 Å². The van der Waals surface area contributed by atoms with Crippen LogP contribution in [0, 0.1) is 27.7 Å². The fourth-order valence-electron chi connectivity index (χ4n) is 4.82. The minimum Gasteiger partial charge on any atom is -0.493 e. The van der Waals surface area contributed by atoms with E-state index in [4.69, 9.17) is 14.5 Å². The average molecular weight is 486 g/mol. The molecule has 0 saturated carbocycles. The molecule has 3 aromatic carbocycles. The molecule has 36 heavy (non-hydrogen) atoms. The number of methoxy groups -OCH3 is 2. The second-order valence-electron chi connectivity index (χ2n) is 9.44. The van der Waals surface area contributed by atoms with Crippen LogP contribution in [0.2, 0.25) is 0 Å². The van der Waals surface area contributed by atoms with Gasteiger partial charge in [-0.15, -0.1) is 0 Å². The number of imidazole rings is 1. The number of carbonyl (C=O) groups is 1. The lowest BCUT2D eigenvalue weighted by molar-refractivity contribution is -0.121. The number of benzene rings is 3. The first kappa shape index (κ1) is 25.3. The summed E-state index contributed by atoms with van der Waals surface area (Å²) in [4.78, 5) is 17.9. The van der Waals surface area contributed by atoms with E-state index in [9.17, 15) is 4.79 Å². The summed E-state index contributed by atoms with van der Waals surface area (Å²) in [5, 5.41) is 3.16. The average Bonchev–Trinajstić information content (AvgIpc) is 3.23. The van der Waals surface area contributed by atoms with Crippen LogP contribution in [0.25, 0.3) is 11.0 Å². The van der Waals surface area contributed by atoms with E-state index in [2.05, 4.69) is 49.7 Å². The number of fused-ring (bicyclic) bond motifs is 1. The lowest BCUT2D eigenvalue weighted by Crippen LogP contribution is -2.30. The van der Waals surface area contributed by atoms with Crippen molar-refractivity contribution < 1.29 is 14.3 Å². The monoisotopic (exact) mass is 485 g/mol. The van der Waals surface area contributed by atoms with Crippen LogP contribution in [-0.4, -0.2) is 29.7 Å². The lowest BCUT2D eigenvalue weighted by atomic mass is 9.94. The normalized spacial score (nSPS) is 12.0. The number of nitrogens with one attached hydrogen (secondary N) is 1. The van der Waals surface area contributed by atoms with Crippen LogP contribution in [0.1, 0.15) is 52.2 Å². The summed E-state index contributed by atoms with van der Waals surface area (Å²) in [5.74, 6) is 2.01. The van der Waals surface area contributed by atoms with E-state index in [-0.39, 0.29) is 18.4 Å². The SMILES string of the molecule is COc1ccc(CC(=O)NC(C)c2nc3ccccc3n2Cc2c(C)c(C)cc(C)c2C)cc1OC. The van der Waals surface area contributed by atoms with Crippen LogP contribution in [-0.2, 0) is 17.8 Å². The predicted molar refractivity (Wildman–Crippen MR) is 144 cm³/mol. The first-order valence-electron chi connectivity index (χ1n) is 12.2. The molecule has 4 rings (SSSR count). The molecule has 6 nitrogen and oxygen atoms in total. The van der Waals surface area contributed by atoms with Gasteiger partial charge in [-0.2, -0.15) is 0 Å². The third kappa shape index (κ3) is 4.94. The molecular formula is C30H35N3O3. The van der Waals surface area contributed by atoms with Crippen molar-refractivity contribution in [1.29, 1.82) is 0 Å². The Morgan fingerprint density at radius 2 is 1.61 bits per heavy atom. The first-order chi connectivity index (χ1) is 17.2. The van der Waals surface area contributed by atoms with Crippen molar-refractivity contribution in [2.75, 3.05) is 14.2 Å². The van der Waals surface area contributed by atoms with Gasteiger partial charge in [0.1, 0.15) is 5.82 Å². The molecule has 1 unspecified atom stereocenters. The lowest BCUT2D eigenvalue weighted by Gasteiger charge is -2.20. The van der Waals surface area contributed by atoms with Crippen molar-refractivity contribution in [1.82, 2.24) is 14.9 Å². The number of aryl methyl sites for hydroxylation is 2. The summed E-state index contributed by atoms with van der Waals surface area (Å²) in [6.45, 7) is 11.4. The molecule has 1 aromatic heterocycles. The van der Waals surface area contributed by atoms with Gasteiger partial charge in [0.2, 0.25) is 5.91 Å². The van der Waals surface area contributed by atoms with Gasteiger partial charge in [0.25, 0.3) is 0 Å². The van der Waals surface area contributed by atoms with Crippen molar-refractivity contribution in [3.63, 3.8) is 0 Å². The number of rotatable bonds is 8. The molecule has 1 atom stereocenters. The molecule has 0 spiro atoms. The summed E-state index contributed by atoms with van der Waals surface area (Å²) in [6.07, 6.45) is 0.236. The summed E-state index contributed by atoms with van der Waals surface area (Å²) >= 11 is 0. The zero-order chi connectivity index (χ0) is 26.0. The summed E-state index contributed by atoms with van der Waals surface area (Å²) in [5.41, 5.74) is 9.32. The molecule has 0 bridgehead atoms. The maximum absolute atomic E-state index is 13.0. The van der Waals surface area contributed by atoms with Crippen LogP contribution >= 0.6 is 0 Å². The molecule has 0 aliphatic rings. The van der Waals surface area contributed by atoms with Crippen LogP contribution in [0.4, 0.5) is 0 Å². The van der Waals surface area contributed by atoms with Gasteiger partial charge in [0.15, 0.2) is 11.5 Å². The van der Waals surface area contributed by atoms with E-state index in [1.807, 2.05) is 43.3 Å². The molecule has 4 aromatic rings. The Hall–Kier alpha value is -3.80. The molecule has 0 aliphatic carbocycles. The smallest absolute Gasteiger partial charge is 0.224 e. The van der Waals surface area contributed by atoms with Gasteiger partial charge < -0.3 is 19.4 Å². The fraction of sp³-hybridized carbons (Fsp3) is 0.333. The van der Waals surface area contributed by atoms with E-state index in [0.717, 1.165) is 22.4 Å². The van der Waals surface area contributed by atoms with Gasteiger partial charge in [-0.3, -0.25) is 4.79 Å². The maximum atomic E-state index is 13.0. The Bertz CT molecular complexity index is 1390. The van der Waals surface area contributed by atoms with Crippen molar-refractivity contribution in [3.05, 3.63) is 87.7 Å². The molecule has 0 aliphatic heterocycles. The van der Waals surface area contributed by atoms with E-state index in [0.29, 0.717) is 18.0 Å². The maximum Gasteiger partial charge on any atom is 0.224 e. The van der Waals surface area contributed by atoms with Gasteiger partial charge in [0.05, 0.1) is 37.7 Å². The zero-order valence-electron chi connectivity index (χ0n) is 22.2. The highest BCUT2D eigenvalue weighted by Gasteiger charge is 2.21. The Labute approximate surface area is 213 Å². The van der Waals surface area contributed by atoms with Crippen LogP contribution < -0.4 is 14.8 Å². The molecule has 0 saturated heterocycles.